The number of benzene rings is 2. The summed E-state index contributed by atoms with van der Waals surface area (Å²) >= 11 is 0. The van der Waals surface area contributed by atoms with Crippen LogP contribution in [0.3, 0.4) is 0 Å². The van der Waals surface area contributed by atoms with E-state index in [-0.39, 0.29) is 5.92 Å². The molecule has 1 fully saturated rings. The molecule has 1 saturated heterocycles. The van der Waals surface area contributed by atoms with Crippen LogP contribution in [0.4, 0.5) is 0 Å². The lowest BCUT2D eigenvalue weighted by molar-refractivity contribution is -0.756. The third-order valence-corrected chi connectivity index (χ3v) is 5.32. The fourth-order valence-electron chi connectivity index (χ4n) is 4.19. The van der Waals surface area contributed by atoms with Gasteiger partial charge in [-0.3, -0.25) is 0 Å². The molecular formula is C21H28NO+. The Labute approximate surface area is 139 Å². The van der Waals surface area contributed by atoms with Gasteiger partial charge in [0.2, 0.25) is 0 Å². The highest BCUT2D eigenvalue weighted by atomic mass is 16.3. The highest BCUT2D eigenvalue weighted by Gasteiger charge is 2.47. The van der Waals surface area contributed by atoms with Gasteiger partial charge in [-0.2, -0.15) is 0 Å². The van der Waals surface area contributed by atoms with Crippen molar-refractivity contribution < 1.29 is 10.4 Å². The lowest BCUT2D eigenvalue weighted by Crippen LogP contribution is -2.91. The Kier molecular flexibility index (Phi) is 4.84. The monoisotopic (exact) mass is 310 g/mol. The lowest BCUT2D eigenvalue weighted by atomic mass is 9.70. The minimum atomic E-state index is -0.633. The van der Waals surface area contributed by atoms with Crippen molar-refractivity contribution in [3.8, 4) is 0 Å². The first-order valence-electron chi connectivity index (χ1n) is 8.79. The summed E-state index contributed by atoms with van der Waals surface area (Å²) < 4.78 is 0. The third kappa shape index (κ3) is 3.49. The van der Waals surface area contributed by atoms with Gasteiger partial charge in [-0.1, -0.05) is 74.0 Å². The van der Waals surface area contributed by atoms with Gasteiger partial charge < -0.3 is 10.4 Å². The molecule has 2 heteroatoms. The van der Waals surface area contributed by atoms with Gasteiger partial charge in [0.15, 0.2) is 0 Å². The Hall–Kier alpha value is -1.64. The quantitative estimate of drug-likeness (QED) is 0.889. The van der Waals surface area contributed by atoms with Crippen molar-refractivity contribution in [2.24, 2.45) is 5.92 Å². The maximum Gasteiger partial charge on any atom is 0.118 e. The summed E-state index contributed by atoms with van der Waals surface area (Å²) in [6.07, 6.45) is 2.98. The van der Waals surface area contributed by atoms with Crippen molar-refractivity contribution in [1.82, 2.24) is 0 Å². The maximum atomic E-state index is 11.2. The smallest absolute Gasteiger partial charge is 0.118 e. The summed E-state index contributed by atoms with van der Waals surface area (Å²) in [6.45, 7) is 4.24. The number of hydrogen-bond donors (Lipinski definition) is 2. The third-order valence-electron chi connectivity index (χ3n) is 5.32. The van der Waals surface area contributed by atoms with Crippen LogP contribution in [0.2, 0.25) is 0 Å². The molecule has 1 aliphatic rings. The number of piperidine rings is 1. The second-order valence-corrected chi connectivity index (χ2v) is 7.10. The molecule has 0 unspecified atom stereocenters. The Morgan fingerprint density at radius 1 is 1.00 bits per heavy atom. The maximum absolute atomic E-state index is 11.2. The Morgan fingerprint density at radius 2 is 1.57 bits per heavy atom. The molecule has 23 heavy (non-hydrogen) atoms. The van der Waals surface area contributed by atoms with E-state index < -0.39 is 5.60 Å². The van der Waals surface area contributed by atoms with E-state index in [4.69, 9.17) is 0 Å². The van der Waals surface area contributed by atoms with E-state index in [0.717, 1.165) is 19.3 Å². The highest BCUT2D eigenvalue weighted by Crippen LogP contribution is 2.40. The van der Waals surface area contributed by atoms with Crippen LogP contribution in [-0.2, 0) is 0 Å². The average molecular weight is 310 g/mol. The molecule has 1 aliphatic heterocycles. The molecule has 122 valence electrons. The fraction of sp³-hybridized carbons (Fsp3) is 0.429. The standard InChI is InChI=1S/C21H27NO/c1-3-10-18-20(17-13-8-5-9-14-17)22-19(15-21(18,2)23)16-11-6-4-7-12-16/h4-9,11-14,18-20,22-23H,3,10,15H2,1-2H3/p+1/t18-,19+,20-,21-/m1/s1. The SMILES string of the molecule is CCC[C@@H]1[C@@H](c2ccccc2)[NH2+][C@H](c2ccccc2)C[C@@]1(C)O. The van der Waals surface area contributed by atoms with Crippen LogP contribution in [0.25, 0.3) is 0 Å². The zero-order chi connectivity index (χ0) is 16.3. The van der Waals surface area contributed by atoms with Crippen molar-refractivity contribution in [3.63, 3.8) is 0 Å². The molecule has 4 atom stereocenters. The topological polar surface area (TPSA) is 36.8 Å². The molecule has 3 N–H and O–H groups in total. The van der Waals surface area contributed by atoms with Crippen molar-refractivity contribution in [2.75, 3.05) is 0 Å². The van der Waals surface area contributed by atoms with Crippen molar-refractivity contribution in [1.29, 1.82) is 0 Å². The second-order valence-electron chi connectivity index (χ2n) is 7.10. The fourth-order valence-corrected chi connectivity index (χ4v) is 4.19. The van der Waals surface area contributed by atoms with E-state index >= 15 is 0 Å². The van der Waals surface area contributed by atoms with Crippen LogP contribution in [0.1, 0.15) is 56.3 Å². The van der Waals surface area contributed by atoms with E-state index in [1.54, 1.807) is 0 Å². The molecule has 0 saturated carbocycles. The molecular weight excluding hydrogens is 282 g/mol. The lowest BCUT2D eigenvalue weighted by Gasteiger charge is -2.44. The van der Waals surface area contributed by atoms with E-state index in [1.807, 2.05) is 6.92 Å². The second kappa shape index (κ2) is 6.86. The molecule has 2 aromatic carbocycles. The summed E-state index contributed by atoms with van der Waals surface area (Å²) in [5.74, 6) is 0.287. The largest absolute Gasteiger partial charge is 0.389 e. The average Bonchev–Trinajstić information content (AvgIpc) is 2.58. The molecule has 1 heterocycles. The van der Waals surface area contributed by atoms with Gasteiger partial charge in [0.05, 0.1) is 5.60 Å². The van der Waals surface area contributed by atoms with Gasteiger partial charge in [0.1, 0.15) is 12.1 Å². The van der Waals surface area contributed by atoms with E-state index in [9.17, 15) is 5.11 Å². The van der Waals surface area contributed by atoms with E-state index in [0.29, 0.717) is 12.1 Å². The zero-order valence-corrected chi connectivity index (χ0v) is 14.2. The number of nitrogens with two attached hydrogens (primary N) is 1. The molecule has 0 radical (unpaired) electrons. The van der Waals surface area contributed by atoms with Gasteiger partial charge in [-0.15, -0.1) is 0 Å². The first kappa shape index (κ1) is 16.2. The number of rotatable bonds is 4. The first-order chi connectivity index (χ1) is 11.1. The molecule has 2 aromatic rings. The minimum Gasteiger partial charge on any atom is -0.389 e. The van der Waals surface area contributed by atoms with Crippen LogP contribution in [0.5, 0.6) is 0 Å². The predicted octanol–water partition coefficient (Wildman–Crippen LogP) is 3.60. The summed E-state index contributed by atoms with van der Waals surface area (Å²) in [5, 5.41) is 13.7. The van der Waals surface area contributed by atoms with Crippen LogP contribution >= 0.6 is 0 Å². The van der Waals surface area contributed by atoms with Gasteiger partial charge in [0.25, 0.3) is 0 Å². The number of hydrogen-bond acceptors (Lipinski definition) is 1. The number of quaternary nitrogens is 1. The summed E-state index contributed by atoms with van der Waals surface area (Å²) in [7, 11) is 0. The van der Waals surface area contributed by atoms with Crippen LogP contribution in [0.15, 0.2) is 60.7 Å². The van der Waals surface area contributed by atoms with Gasteiger partial charge in [-0.05, 0) is 13.3 Å². The van der Waals surface area contributed by atoms with Crippen molar-refractivity contribution in [2.45, 2.75) is 50.8 Å². The van der Waals surface area contributed by atoms with E-state index in [1.165, 1.54) is 11.1 Å². The van der Waals surface area contributed by atoms with Crippen molar-refractivity contribution >= 4 is 0 Å². The molecule has 0 bridgehead atoms. The Bertz CT molecular complexity index is 608. The molecule has 3 rings (SSSR count). The number of aliphatic hydroxyl groups is 1. The Balaban J connectivity index is 1.95. The van der Waals surface area contributed by atoms with E-state index in [2.05, 4.69) is 72.9 Å². The van der Waals surface area contributed by atoms with Crippen molar-refractivity contribution in [3.05, 3.63) is 71.8 Å². The highest BCUT2D eigenvalue weighted by molar-refractivity contribution is 5.22. The summed E-state index contributed by atoms with van der Waals surface area (Å²) in [4.78, 5) is 0. The van der Waals surface area contributed by atoms with Crippen LogP contribution in [0, 0.1) is 5.92 Å². The van der Waals surface area contributed by atoms with Crippen LogP contribution < -0.4 is 5.32 Å². The zero-order valence-electron chi connectivity index (χ0n) is 14.2. The summed E-state index contributed by atoms with van der Waals surface area (Å²) in [6, 6.07) is 21.9. The molecule has 2 nitrogen and oxygen atoms in total. The Morgan fingerprint density at radius 3 is 2.13 bits per heavy atom. The van der Waals surface area contributed by atoms with Crippen LogP contribution in [-0.4, -0.2) is 10.7 Å². The summed E-state index contributed by atoms with van der Waals surface area (Å²) in [5.41, 5.74) is 2.00. The molecule has 0 amide bonds. The predicted molar refractivity (Wildman–Crippen MR) is 93.9 cm³/mol. The van der Waals surface area contributed by atoms with Gasteiger partial charge in [0, 0.05) is 23.5 Å². The minimum absolute atomic E-state index is 0.287. The first-order valence-corrected chi connectivity index (χ1v) is 8.79. The van der Waals surface area contributed by atoms with Gasteiger partial charge in [-0.25, -0.2) is 0 Å². The molecule has 0 aliphatic carbocycles. The normalized spacial score (nSPS) is 31.0. The molecule has 0 spiro atoms. The molecule has 0 aromatic heterocycles. The van der Waals surface area contributed by atoms with Gasteiger partial charge >= 0.3 is 0 Å².